The second kappa shape index (κ2) is 3.02. The number of aromatic nitrogens is 1. The quantitative estimate of drug-likeness (QED) is 0.728. The van der Waals surface area contributed by atoms with Crippen molar-refractivity contribution in [1.82, 2.24) is 4.98 Å². The van der Waals surface area contributed by atoms with Crippen LogP contribution in [0, 0.1) is 3.57 Å². The molecule has 1 aromatic heterocycles. The third-order valence-electron chi connectivity index (χ3n) is 1.92. The SMILES string of the molecule is Nc1cnc2c(I)cccc2c1N. The van der Waals surface area contributed by atoms with E-state index in [-0.39, 0.29) is 0 Å². The van der Waals surface area contributed by atoms with Gasteiger partial charge < -0.3 is 11.5 Å². The molecular formula is C9H8IN3. The van der Waals surface area contributed by atoms with Gasteiger partial charge in [0, 0.05) is 8.96 Å². The van der Waals surface area contributed by atoms with Crippen LogP contribution < -0.4 is 11.5 Å². The zero-order chi connectivity index (χ0) is 9.42. The average Bonchev–Trinajstić information content (AvgIpc) is 2.12. The van der Waals surface area contributed by atoms with Crippen molar-refractivity contribution in [3.05, 3.63) is 28.0 Å². The van der Waals surface area contributed by atoms with Gasteiger partial charge in [-0.15, -0.1) is 0 Å². The monoisotopic (exact) mass is 285 g/mol. The second-order valence-electron chi connectivity index (χ2n) is 2.76. The summed E-state index contributed by atoms with van der Waals surface area (Å²) >= 11 is 2.23. The van der Waals surface area contributed by atoms with Gasteiger partial charge in [-0.3, -0.25) is 4.98 Å². The normalized spacial score (nSPS) is 10.5. The molecule has 4 N–H and O–H groups in total. The van der Waals surface area contributed by atoms with Crippen molar-refractivity contribution in [3.8, 4) is 0 Å². The highest BCUT2D eigenvalue weighted by Gasteiger charge is 2.04. The molecule has 0 spiro atoms. The molecule has 0 atom stereocenters. The van der Waals surface area contributed by atoms with E-state index in [0.29, 0.717) is 11.4 Å². The number of fused-ring (bicyclic) bond motifs is 1. The lowest BCUT2D eigenvalue weighted by Gasteiger charge is -2.04. The van der Waals surface area contributed by atoms with Gasteiger partial charge in [-0.1, -0.05) is 12.1 Å². The van der Waals surface area contributed by atoms with Crippen LogP contribution in [0.1, 0.15) is 0 Å². The van der Waals surface area contributed by atoms with Crippen molar-refractivity contribution in [3.63, 3.8) is 0 Å². The fraction of sp³-hybridized carbons (Fsp3) is 0. The van der Waals surface area contributed by atoms with E-state index in [1.54, 1.807) is 6.20 Å². The van der Waals surface area contributed by atoms with E-state index in [2.05, 4.69) is 27.6 Å². The van der Waals surface area contributed by atoms with E-state index in [4.69, 9.17) is 11.5 Å². The molecule has 2 aromatic rings. The number of nitrogens with two attached hydrogens (primary N) is 2. The highest BCUT2D eigenvalue weighted by atomic mass is 127. The van der Waals surface area contributed by atoms with Gasteiger partial charge in [0.05, 0.1) is 23.1 Å². The summed E-state index contributed by atoms with van der Waals surface area (Å²) in [6.45, 7) is 0. The van der Waals surface area contributed by atoms with Crippen LogP contribution in [-0.4, -0.2) is 4.98 Å². The highest BCUT2D eigenvalue weighted by Crippen LogP contribution is 2.27. The number of hydrogen-bond donors (Lipinski definition) is 2. The minimum atomic E-state index is 0.537. The second-order valence-corrected chi connectivity index (χ2v) is 3.93. The van der Waals surface area contributed by atoms with Gasteiger partial charge in [0.2, 0.25) is 0 Å². The fourth-order valence-electron chi connectivity index (χ4n) is 1.22. The molecule has 0 fully saturated rings. The van der Waals surface area contributed by atoms with Crippen molar-refractivity contribution in [2.24, 2.45) is 0 Å². The molecule has 0 aliphatic rings. The Kier molecular flexibility index (Phi) is 1.99. The third-order valence-corrected chi connectivity index (χ3v) is 2.79. The number of anilines is 2. The maximum atomic E-state index is 5.82. The van der Waals surface area contributed by atoms with Crippen LogP contribution in [-0.2, 0) is 0 Å². The number of benzene rings is 1. The first-order valence-electron chi connectivity index (χ1n) is 3.78. The van der Waals surface area contributed by atoms with Crippen molar-refractivity contribution < 1.29 is 0 Å². The molecule has 0 radical (unpaired) electrons. The number of nitrogen functional groups attached to an aromatic ring is 2. The lowest BCUT2D eigenvalue weighted by atomic mass is 10.2. The summed E-state index contributed by atoms with van der Waals surface area (Å²) < 4.78 is 1.09. The largest absolute Gasteiger partial charge is 0.396 e. The summed E-state index contributed by atoms with van der Waals surface area (Å²) in [5.74, 6) is 0. The van der Waals surface area contributed by atoms with Crippen LogP contribution in [0.5, 0.6) is 0 Å². The van der Waals surface area contributed by atoms with Crippen LogP contribution in [0.3, 0.4) is 0 Å². The molecule has 0 amide bonds. The van der Waals surface area contributed by atoms with Gasteiger partial charge in [0.25, 0.3) is 0 Å². The van der Waals surface area contributed by atoms with Gasteiger partial charge >= 0.3 is 0 Å². The first kappa shape index (κ1) is 8.55. The standard InChI is InChI=1S/C9H8IN3/c10-6-3-1-2-5-8(12)7(11)4-13-9(5)6/h1-4H,11H2,(H2,12,13). The molecule has 4 heteroatoms. The summed E-state index contributed by atoms with van der Waals surface area (Å²) in [6.07, 6.45) is 1.60. The number of pyridine rings is 1. The lowest BCUT2D eigenvalue weighted by Crippen LogP contribution is -1.97. The van der Waals surface area contributed by atoms with Gasteiger partial charge in [0.15, 0.2) is 0 Å². The first-order chi connectivity index (χ1) is 6.20. The molecule has 0 bridgehead atoms. The smallest absolute Gasteiger partial charge is 0.0857 e. The molecule has 1 aromatic carbocycles. The predicted molar refractivity (Wildman–Crippen MR) is 63.3 cm³/mol. The average molecular weight is 285 g/mol. The molecule has 66 valence electrons. The van der Waals surface area contributed by atoms with E-state index in [9.17, 15) is 0 Å². The number of halogens is 1. The summed E-state index contributed by atoms with van der Waals surface area (Å²) in [5, 5.41) is 0.923. The number of nitrogens with zero attached hydrogens (tertiary/aromatic N) is 1. The van der Waals surface area contributed by atoms with Crippen molar-refractivity contribution >= 4 is 44.9 Å². The van der Waals surface area contributed by atoms with Crippen LogP contribution >= 0.6 is 22.6 Å². The summed E-state index contributed by atoms with van der Waals surface area (Å²) in [4.78, 5) is 4.23. The Morgan fingerprint density at radius 1 is 1.23 bits per heavy atom. The molecule has 0 aliphatic heterocycles. The van der Waals surface area contributed by atoms with Crippen molar-refractivity contribution in [1.29, 1.82) is 0 Å². The lowest BCUT2D eigenvalue weighted by molar-refractivity contribution is 1.40. The maximum absolute atomic E-state index is 5.82. The van der Waals surface area contributed by atoms with Gasteiger partial charge in [-0.2, -0.15) is 0 Å². The molecule has 0 unspecified atom stereocenters. The molecule has 0 saturated carbocycles. The van der Waals surface area contributed by atoms with Gasteiger partial charge in [0.1, 0.15) is 0 Å². The molecule has 1 heterocycles. The predicted octanol–water partition coefficient (Wildman–Crippen LogP) is 2.00. The first-order valence-corrected chi connectivity index (χ1v) is 4.86. The summed E-state index contributed by atoms with van der Waals surface area (Å²) in [7, 11) is 0. The Bertz CT molecular complexity index is 468. The number of hydrogen-bond acceptors (Lipinski definition) is 3. The van der Waals surface area contributed by atoms with Crippen LogP contribution in [0.15, 0.2) is 24.4 Å². The fourth-order valence-corrected chi connectivity index (χ4v) is 1.86. The van der Waals surface area contributed by atoms with Gasteiger partial charge in [-0.25, -0.2) is 0 Å². The maximum Gasteiger partial charge on any atom is 0.0857 e. The van der Waals surface area contributed by atoms with Gasteiger partial charge in [-0.05, 0) is 28.7 Å². The number of para-hydroxylation sites is 1. The Balaban J connectivity index is 2.94. The van der Waals surface area contributed by atoms with Crippen molar-refractivity contribution in [2.45, 2.75) is 0 Å². The molecule has 2 rings (SSSR count). The molecule has 0 aliphatic carbocycles. The summed E-state index contributed by atoms with van der Waals surface area (Å²) in [5.41, 5.74) is 13.5. The van der Waals surface area contributed by atoms with E-state index in [1.807, 2.05) is 18.2 Å². The van der Waals surface area contributed by atoms with E-state index in [0.717, 1.165) is 14.5 Å². The van der Waals surface area contributed by atoms with E-state index >= 15 is 0 Å². The molecular weight excluding hydrogens is 277 g/mol. The Morgan fingerprint density at radius 3 is 2.77 bits per heavy atom. The Labute approximate surface area is 89.3 Å². The number of rotatable bonds is 0. The third kappa shape index (κ3) is 1.31. The van der Waals surface area contributed by atoms with Crippen molar-refractivity contribution in [2.75, 3.05) is 11.5 Å². The van der Waals surface area contributed by atoms with Crippen LogP contribution in [0.4, 0.5) is 11.4 Å². The van der Waals surface area contributed by atoms with E-state index in [1.165, 1.54) is 0 Å². The van der Waals surface area contributed by atoms with Crippen LogP contribution in [0.2, 0.25) is 0 Å². The minimum absolute atomic E-state index is 0.537. The van der Waals surface area contributed by atoms with Crippen LogP contribution in [0.25, 0.3) is 10.9 Å². The minimum Gasteiger partial charge on any atom is -0.396 e. The molecule has 0 saturated heterocycles. The highest BCUT2D eigenvalue weighted by molar-refractivity contribution is 14.1. The Morgan fingerprint density at radius 2 is 2.00 bits per heavy atom. The summed E-state index contributed by atoms with van der Waals surface area (Å²) in [6, 6.07) is 5.86. The topological polar surface area (TPSA) is 64.9 Å². The zero-order valence-corrected chi connectivity index (χ0v) is 8.95. The Hall–Kier alpha value is -1.04. The van der Waals surface area contributed by atoms with E-state index < -0.39 is 0 Å². The zero-order valence-electron chi connectivity index (χ0n) is 6.79. The molecule has 3 nitrogen and oxygen atoms in total. The molecule has 13 heavy (non-hydrogen) atoms.